The van der Waals surface area contributed by atoms with E-state index in [0.29, 0.717) is 17.2 Å². The van der Waals surface area contributed by atoms with Gasteiger partial charge in [0.15, 0.2) is 0 Å². The third kappa shape index (κ3) is 1.51. The van der Waals surface area contributed by atoms with Gasteiger partial charge in [-0.05, 0) is 6.42 Å². The number of esters is 1. The highest BCUT2D eigenvalue weighted by Crippen LogP contribution is 2.35. The molecule has 4 heterocycles. The molecule has 7 heteroatoms. The van der Waals surface area contributed by atoms with Crippen LogP contribution in [0.5, 0.6) is 5.06 Å². The van der Waals surface area contributed by atoms with Crippen LogP contribution < -0.4 is 4.74 Å². The topological polar surface area (TPSA) is 63.9 Å². The first-order valence-corrected chi connectivity index (χ1v) is 6.70. The summed E-state index contributed by atoms with van der Waals surface area (Å²) in [4.78, 5) is 29.9. The number of nitrogens with zero attached hydrogens (tertiary/aromatic N) is 3. The molecule has 96 valence electrons. The maximum absolute atomic E-state index is 12.0. The Kier molecular flexibility index (Phi) is 2.08. The fraction of sp³-hybridized carbons (Fsp3) is 0.250. The summed E-state index contributed by atoms with van der Waals surface area (Å²) in [5.41, 5.74) is 0.373. The Bertz CT molecular complexity index is 701. The summed E-state index contributed by atoms with van der Waals surface area (Å²) in [6.07, 6.45) is 8.10. The Morgan fingerprint density at radius 2 is 2.42 bits per heavy atom. The van der Waals surface area contributed by atoms with Crippen molar-refractivity contribution < 1.29 is 14.3 Å². The SMILES string of the molecule is O=C(Oc1cn2cncc2s1)C1=CC[C@@H]2CC(=O)N12. The Balaban J connectivity index is 1.55. The Labute approximate surface area is 111 Å². The molecule has 0 aromatic carbocycles. The molecule has 1 atom stereocenters. The molecule has 0 aliphatic carbocycles. The lowest BCUT2D eigenvalue weighted by Crippen LogP contribution is -2.50. The first-order valence-electron chi connectivity index (χ1n) is 5.88. The highest BCUT2D eigenvalue weighted by molar-refractivity contribution is 7.19. The van der Waals surface area contributed by atoms with Crippen molar-refractivity contribution in [2.75, 3.05) is 0 Å². The van der Waals surface area contributed by atoms with Crippen molar-refractivity contribution in [2.45, 2.75) is 18.9 Å². The van der Waals surface area contributed by atoms with Crippen molar-refractivity contribution in [3.05, 3.63) is 30.5 Å². The minimum Gasteiger partial charge on any atom is -0.409 e. The monoisotopic (exact) mass is 275 g/mol. The maximum atomic E-state index is 12.0. The number of hydrogen-bond donors (Lipinski definition) is 0. The second kappa shape index (κ2) is 3.67. The van der Waals surface area contributed by atoms with Gasteiger partial charge < -0.3 is 9.64 Å². The van der Waals surface area contributed by atoms with E-state index in [4.69, 9.17) is 4.74 Å². The molecule has 2 aliphatic heterocycles. The Hall–Kier alpha value is -2.15. The van der Waals surface area contributed by atoms with Crippen LogP contribution in [0.25, 0.3) is 4.83 Å². The van der Waals surface area contributed by atoms with Crippen molar-refractivity contribution in [1.29, 1.82) is 0 Å². The van der Waals surface area contributed by atoms with Gasteiger partial charge in [0, 0.05) is 12.5 Å². The molecule has 2 aliphatic rings. The van der Waals surface area contributed by atoms with Gasteiger partial charge in [0.1, 0.15) is 10.5 Å². The van der Waals surface area contributed by atoms with Crippen LogP contribution in [-0.2, 0) is 9.59 Å². The average Bonchev–Trinajstić information content (AvgIpc) is 3.00. The largest absolute Gasteiger partial charge is 0.409 e. The molecule has 1 amide bonds. The number of fused-ring (bicyclic) bond motifs is 2. The predicted octanol–water partition coefficient (Wildman–Crippen LogP) is 1.19. The van der Waals surface area contributed by atoms with E-state index in [1.165, 1.54) is 16.2 Å². The molecule has 2 aromatic heterocycles. The van der Waals surface area contributed by atoms with Gasteiger partial charge >= 0.3 is 5.97 Å². The van der Waals surface area contributed by atoms with E-state index in [1.807, 2.05) is 0 Å². The van der Waals surface area contributed by atoms with Crippen LogP contribution in [0.1, 0.15) is 12.8 Å². The molecular weight excluding hydrogens is 266 g/mol. The summed E-state index contributed by atoms with van der Waals surface area (Å²) in [5.74, 6) is -0.470. The number of β-lactam (4-membered cyclic amide) rings is 1. The lowest BCUT2D eigenvalue weighted by atomic mass is 10.0. The number of imidazole rings is 1. The highest BCUT2D eigenvalue weighted by Gasteiger charge is 2.44. The smallest absolute Gasteiger partial charge is 0.360 e. The van der Waals surface area contributed by atoms with Crippen LogP contribution in [-0.4, -0.2) is 32.2 Å². The standard InChI is InChI=1S/C12H9N3O3S/c16-9-3-7-1-2-8(15(7)9)12(17)18-11-5-14-6-13-4-10(14)19-11/h2,4-7H,1,3H2/t7-/m1/s1. The summed E-state index contributed by atoms with van der Waals surface area (Å²) in [6.45, 7) is 0. The molecule has 0 bridgehead atoms. The number of hydrogen-bond acceptors (Lipinski definition) is 5. The summed E-state index contributed by atoms with van der Waals surface area (Å²) >= 11 is 1.34. The summed E-state index contributed by atoms with van der Waals surface area (Å²) in [7, 11) is 0. The molecule has 0 N–H and O–H groups in total. The lowest BCUT2D eigenvalue weighted by Gasteiger charge is -2.35. The van der Waals surface area contributed by atoms with E-state index in [2.05, 4.69) is 4.98 Å². The zero-order chi connectivity index (χ0) is 13.0. The third-order valence-electron chi connectivity index (χ3n) is 3.37. The number of carbonyl (C=O) groups is 2. The van der Waals surface area contributed by atoms with Gasteiger partial charge in [0.25, 0.3) is 0 Å². The van der Waals surface area contributed by atoms with Gasteiger partial charge in [0.05, 0.1) is 18.7 Å². The van der Waals surface area contributed by atoms with E-state index in [-0.39, 0.29) is 11.9 Å². The minimum absolute atomic E-state index is 0.00536. The van der Waals surface area contributed by atoms with Gasteiger partial charge in [0.2, 0.25) is 11.0 Å². The van der Waals surface area contributed by atoms with Crippen LogP contribution in [0.2, 0.25) is 0 Å². The molecule has 0 unspecified atom stereocenters. The van der Waals surface area contributed by atoms with E-state index in [9.17, 15) is 9.59 Å². The van der Waals surface area contributed by atoms with Crippen LogP contribution in [0.3, 0.4) is 0 Å². The molecule has 1 fully saturated rings. The number of amides is 1. The molecule has 6 nitrogen and oxygen atoms in total. The Morgan fingerprint density at radius 1 is 1.53 bits per heavy atom. The first-order chi connectivity index (χ1) is 9.22. The summed E-state index contributed by atoms with van der Waals surface area (Å²) in [6, 6.07) is 0.165. The zero-order valence-corrected chi connectivity index (χ0v) is 10.6. The first kappa shape index (κ1) is 10.7. The van der Waals surface area contributed by atoms with E-state index in [1.54, 1.807) is 29.2 Å². The molecule has 0 saturated carbocycles. The molecule has 0 radical (unpaired) electrons. The van der Waals surface area contributed by atoms with E-state index < -0.39 is 5.97 Å². The van der Waals surface area contributed by atoms with Gasteiger partial charge in [-0.1, -0.05) is 17.4 Å². The highest BCUT2D eigenvalue weighted by atomic mass is 32.1. The minimum atomic E-state index is -0.465. The summed E-state index contributed by atoms with van der Waals surface area (Å²) in [5, 5.41) is 0.500. The normalized spacial score (nSPS) is 21.3. The lowest BCUT2D eigenvalue weighted by molar-refractivity contribution is -0.146. The molecule has 0 spiro atoms. The summed E-state index contributed by atoms with van der Waals surface area (Å²) < 4.78 is 7.10. The second-order valence-electron chi connectivity index (χ2n) is 4.53. The molecule has 19 heavy (non-hydrogen) atoms. The maximum Gasteiger partial charge on any atom is 0.360 e. The van der Waals surface area contributed by atoms with E-state index >= 15 is 0 Å². The number of thiazole rings is 1. The van der Waals surface area contributed by atoms with Crippen molar-refractivity contribution in [3.8, 4) is 5.06 Å². The van der Waals surface area contributed by atoms with Gasteiger partial charge in [-0.15, -0.1) is 0 Å². The fourth-order valence-electron chi connectivity index (χ4n) is 2.43. The molecular formula is C12H9N3O3S. The van der Waals surface area contributed by atoms with Crippen LogP contribution in [0.4, 0.5) is 0 Å². The van der Waals surface area contributed by atoms with Gasteiger partial charge in [-0.25, -0.2) is 9.78 Å². The number of rotatable bonds is 2. The second-order valence-corrected chi connectivity index (χ2v) is 5.55. The van der Waals surface area contributed by atoms with Gasteiger partial charge in [-0.2, -0.15) is 0 Å². The van der Waals surface area contributed by atoms with E-state index in [0.717, 1.165) is 11.3 Å². The van der Waals surface area contributed by atoms with Crippen molar-refractivity contribution >= 4 is 28.0 Å². The van der Waals surface area contributed by atoms with Crippen LogP contribution >= 0.6 is 11.3 Å². The van der Waals surface area contributed by atoms with Crippen molar-refractivity contribution in [2.24, 2.45) is 0 Å². The van der Waals surface area contributed by atoms with Crippen molar-refractivity contribution in [1.82, 2.24) is 14.3 Å². The Morgan fingerprint density at radius 3 is 3.21 bits per heavy atom. The number of carbonyl (C=O) groups excluding carboxylic acids is 2. The number of ether oxygens (including phenoxy) is 1. The third-order valence-corrected chi connectivity index (χ3v) is 4.28. The molecule has 2 aromatic rings. The fourth-order valence-corrected chi connectivity index (χ4v) is 3.24. The predicted molar refractivity (Wildman–Crippen MR) is 66.7 cm³/mol. The quantitative estimate of drug-likeness (QED) is 0.610. The van der Waals surface area contributed by atoms with Crippen LogP contribution in [0.15, 0.2) is 30.5 Å². The number of aromatic nitrogens is 2. The molecule has 4 rings (SSSR count). The average molecular weight is 275 g/mol. The van der Waals surface area contributed by atoms with Crippen LogP contribution in [0, 0.1) is 0 Å². The van der Waals surface area contributed by atoms with Gasteiger partial charge in [-0.3, -0.25) is 9.20 Å². The zero-order valence-electron chi connectivity index (χ0n) is 9.78. The molecule has 1 saturated heterocycles. The van der Waals surface area contributed by atoms with Crippen molar-refractivity contribution in [3.63, 3.8) is 0 Å².